The van der Waals surface area contributed by atoms with E-state index in [0.717, 1.165) is 4.90 Å². The van der Waals surface area contributed by atoms with E-state index in [0.29, 0.717) is 12.0 Å². The lowest BCUT2D eigenvalue weighted by Crippen LogP contribution is -2.32. The predicted molar refractivity (Wildman–Crippen MR) is 75.7 cm³/mol. The van der Waals surface area contributed by atoms with Crippen molar-refractivity contribution in [1.29, 1.82) is 0 Å². The molecule has 0 saturated heterocycles. The number of carbonyl (C=O) groups excluding carboxylic acids is 3. The van der Waals surface area contributed by atoms with Gasteiger partial charge in [-0.1, -0.05) is 0 Å². The van der Waals surface area contributed by atoms with E-state index in [2.05, 4.69) is 0 Å². The average Bonchev–Trinajstić information content (AvgIpc) is 2.64. The van der Waals surface area contributed by atoms with Gasteiger partial charge in [0.15, 0.2) is 0 Å². The van der Waals surface area contributed by atoms with Crippen LogP contribution in [0.5, 0.6) is 0 Å². The normalized spacial score (nSPS) is 13.6. The van der Waals surface area contributed by atoms with Gasteiger partial charge < -0.3 is 9.80 Å². The molecule has 0 atom stereocenters. The van der Waals surface area contributed by atoms with Crippen molar-refractivity contribution in [3.05, 3.63) is 29.1 Å². The maximum atomic E-state index is 14.0. The molecule has 0 aromatic heterocycles. The molecule has 0 saturated carbocycles. The van der Waals surface area contributed by atoms with Crippen LogP contribution in [-0.2, 0) is 9.59 Å². The molecule has 21 heavy (non-hydrogen) atoms. The van der Waals surface area contributed by atoms with E-state index in [9.17, 15) is 18.8 Å². The number of hydrogen-bond acceptors (Lipinski definition) is 3. The summed E-state index contributed by atoms with van der Waals surface area (Å²) in [6.45, 7) is 1.82. The third kappa shape index (κ3) is 2.79. The van der Waals surface area contributed by atoms with Crippen LogP contribution in [0.4, 0.5) is 10.1 Å². The van der Waals surface area contributed by atoms with E-state index in [1.54, 1.807) is 21.0 Å². The molecule has 1 heterocycles. The summed E-state index contributed by atoms with van der Waals surface area (Å²) in [4.78, 5) is 37.9. The van der Waals surface area contributed by atoms with Gasteiger partial charge in [0.05, 0.1) is 11.3 Å². The number of benzene rings is 1. The van der Waals surface area contributed by atoms with Crippen molar-refractivity contribution in [2.75, 3.05) is 25.5 Å². The number of anilines is 1. The molecule has 2 amide bonds. The van der Waals surface area contributed by atoms with E-state index in [-0.39, 0.29) is 30.1 Å². The topological polar surface area (TPSA) is 57.7 Å². The fraction of sp³-hybridized carbons (Fsp3) is 0.400. The fourth-order valence-corrected chi connectivity index (χ4v) is 2.35. The molecule has 0 aliphatic carbocycles. The monoisotopic (exact) mass is 292 g/mol. The third-order valence-corrected chi connectivity index (χ3v) is 3.43. The SMILES string of the molecule is Cc1cc(F)c2c(c1)C(=O)C(=O)N2CCCC(=O)N(C)C. The first-order valence-electron chi connectivity index (χ1n) is 6.69. The standard InChI is InChI=1S/C15H17FN2O3/c1-9-7-10-13(11(16)8-9)18(15(21)14(10)20)6-4-5-12(19)17(2)3/h7-8H,4-6H2,1-3H3. The second-order valence-corrected chi connectivity index (χ2v) is 5.32. The molecular formula is C15H17FN2O3. The molecule has 0 radical (unpaired) electrons. The Bertz CT molecular complexity index is 626. The highest BCUT2D eigenvalue weighted by Gasteiger charge is 2.37. The smallest absolute Gasteiger partial charge is 0.299 e. The van der Waals surface area contributed by atoms with Gasteiger partial charge in [0.25, 0.3) is 11.7 Å². The summed E-state index contributed by atoms with van der Waals surface area (Å²) in [5, 5.41) is 0. The number of Topliss-reactive ketones (excluding diaryl/α,β-unsaturated/α-hetero) is 1. The highest BCUT2D eigenvalue weighted by atomic mass is 19.1. The maximum absolute atomic E-state index is 14.0. The Labute approximate surface area is 122 Å². The van der Waals surface area contributed by atoms with E-state index < -0.39 is 17.5 Å². The van der Waals surface area contributed by atoms with Gasteiger partial charge in [0.1, 0.15) is 5.82 Å². The van der Waals surface area contributed by atoms with E-state index in [1.165, 1.54) is 17.0 Å². The van der Waals surface area contributed by atoms with E-state index in [1.807, 2.05) is 0 Å². The van der Waals surface area contributed by atoms with Gasteiger partial charge in [0, 0.05) is 27.1 Å². The second-order valence-electron chi connectivity index (χ2n) is 5.32. The lowest BCUT2D eigenvalue weighted by molar-refractivity contribution is -0.128. The first kappa shape index (κ1) is 15.2. The summed E-state index contributed by atoms with van der Waals surface area (Å²) in [7, 11) is 3.29. The molecule has 2 rings (SSSR count). The van der Waals surface area contributed by atoms with Crippen LogP contribution in [0, 0.1) is 12.7 Å². The summed E-state index contributed by atoms with van der Waals surface area (Å²) in [5.41, 5.74) is 0.737. The van der Waals surface area contributed by atoms with Crippen LogP contribution >= 0.6 is 0 Å². The number of rotatable bonds is 4. The molecule has 1 aromatic rings. The van der Waals surface area contributed by atoms with Crippen molar-refractivity contribution >= 4 is 23.3 Å². The summed E-state index contributed by atoms with van der Waals surface area (Å²) >= 11 is 0. The molecule has 0 N–H and O–H groups in total. The molecule has 112 valence electrons. The zero-order valence-electron chi connectivity index (χ0n) is 12.3. The van der Waals surface area contributed by atoms with Gasteiger partial charge in [0.2, 0.25) is 5.91 Å². The van der Waals surface area contributed by atoms with Gasteiger partial charge in [-0.05, 0) is 31.0 Å². The molecule has 5 nitrogen and oxygen atoms in total. The number of ketones is 1. The lowest BCUT2D eigenvalue weighted by Gasteiger charge is -2.17. The summed E-state index contributed by atoms with van der Waals surface area (Å²) in [5.74, 6) is -2.07. The second kappa shape index (κ2) is 5.63. The maximum Gasteiger partial charge on any atom is 0.299 e. The third-order valence-electron chi connectivity index (χ3n) is 3.43. The zero-order chi connectivity index (χ0) is 15.7. The minimum absolute atomic E-state index is 0.0351. The van der Waals surface area contributed by atoms with Gasteiger partial charge >= 0.3 is 0 Å². The number of hydrogen-bond donors (Lipinski definition) is 0. The van der Waals surface area contributed by atoms with Gasteiger partial charge in [-0.15, -0.1) is 0 Å². The number of amides is 2. The zero-order valence-corrected chi connectivity index (χ0v) is 12.3. The molecule has 1 aliphatic heterocycles. The van der Waals surface area contributed by atoms with Crippen LogP contribution in [0.15, 0.2) is 12.1 Å². The Morgan fingerprint density at radius 2 is 1.95 bits per heavy atom. The Hall–Kier alpha value is -2.24. The highest BCUT2D eigenvalue weighted by molar-refractivity contribution is 6.52. The van der Waals surface area contributed by atoms with E-state index in [4.69, 9.17) is 0 Å². The van der Waals surface area contributed by atoms with Crippen molar-refractivity contribution in [2.45, 2.75) is 19.8 Å². The van der Waals surface area contributed by atoms with Crippen LogP contribution in [0.1, 0.15) is 28.8 Å². The fourth-order valence-electron chi connectivity index (χ4n) is 2.35. The summed E-state index contributed by atoms with van der Waals surface area (Å²) < 4.78 is 14.0. The molecule has 0 spiro atoms. The average molecular weight is 292 g/mol. The number of carbonyl (C=O) groups is 3. The van der Waals surface area contributed by atoms with Crippen LogP contribution in [0.2, 0.25) is 0 Å². The Morgan fingerprint density at radius 3 is 2.57 bits per heavy atom. The molecule has 0 bridgehead atoms. The molecule has 1 aromatic carbocycles. The number of nitrogens with zero attached hydrogens (tertiary/aromatic N) is 2. The lowest BCUT2D eigenvalue weighted by atomic mass is 10.1. The van der Waals surface area contributed by atoms with Crippen molar-refractivity contribution in [3.63, 3.8) is 0 Å². The van der Waals surface area contributed by atoms with Crippen molar-refractivity contribution in [3.8, 4) is 0 Å². The Balaban J connectivity index is 2.18. The number of fused-ring (bicyclic) bond motifs is 1. The molecule has 6 heteroatoms. The quantitative estimate of drug-likeness (QED) is 0.791. The Kier molecular flexibility index (Phi) is 4.06. The molecule has 0 unspecified atom stereocenters. The first-order valence-corrected chi connectivity index (χ1v) is 6.69. The van der Waals surface area contributed by atoms with Crippen molar-refractivity contribution < 1.29 is 18.8 Å². The van der Waals surface area contributed by atoms with Crippen LogP contribution in [-0.4, -0.2) is 43.1 Å². The predicted octanol–water partition coefficient (Wildman–Crippen LogP) is 1.53. The van der Waals surface area contributed by atoms with Crippen molar-refractivity contribution in [2.24, 2.45) is 0 Å². The largest absolute Gasteiger partial charge is 0.349 e. The minimum atomic E-state index is -0.730. The van der Waals surface area contributed by atoms with Gasteiger partial charge in [-0.3, -0.25) is 14.4 Å². The summed E-state index contributed by atoms with van der Waals surface area (Å²) in [6, 6.07) is 2.81. The molecular weight excluding hydrogens is 275 g/mol. The molecule has 0 fully saturated rings. The van der Waals surface area contributed by atoms with Crippen LogP contribution in [0.3, 0.4) is 0 Å². The number of halogens is 1. The Morgan fingerprint density at radius 1 is 1.29 bits per heavy atom. The number of aryl methyl sites for hydroxylation is 1. The first-order chi connectivity index (χ1) is 9.82. The van der Waals surface area contributed by atoms with Crippen LogP contribution < -0.4 is 4.90 Å². The molecule has 1 aliphatic rings. The van der Waals surface area contributed by atoms with Crippen molar-refractivity contribution in [1.82, 2.24) is 4.90 Å². The summed E-state index contributed by atoms with van der Waals surface area (Å²) in [6.07, 6.45) is 0.622. The van der Waals surface area contributed by atoms with Gasteiger partial charge in [-0.25, -0.2) is 4.39 Å². The van der Waals surface area contributed by atoms with E-state index >= 15 is 0 Å². The van der Waals surface area contributed by atoms with Gasteiger partial charge in [-0.2, -0.15) is 0 Å². The minimum Gasteiger partial charge on any atom is -0.349 e. The van der Waals surface area contributed by atoms with Crippen LogP contribution in [0.25, 0.3) is 0 Å². The highest BCUT2D eigenvalue weighted by Crippen LogP contribution is 2.32.